The van der Waals surface area contributed by atoms with E-state index in [9.17, 15) is 0 Å². The summed E-state index contributed by atoms with van der Waals surface area (Å²) in [6.07, 6.45) is 1.79. The number of rotatable bonds is 5. The van der Waals surface area contributed by atoms with E-state index in [1.165, 1.54) is 16.7 Å². The number of nitrogens with zero attached hydrogens (tertiary/aromatic N) is 1. The number of hydrogen-bond acceptors (Lipinski definition) is 3. The standard InChI is InChI=1S/C23H26N2O/c1-17-8-13-20(23(2,3)4)21(15-17)26-19-11-9-18(10-12-19)16-25-22-7-5-6-14-24-22/h5-15H,16H2,1-4H3,(H,24,25). The van der Waals surface area contributed by atoms with E-state index in [0.29, 0.717) is 0 Å². The maximum atomic E-state index is 6.20. The predicted octanol–water partition coefficient (Wildman–Crippen LogP) is 6.09. The lowest BCUT2D eigenvalue weighted by Crippen LogP contribution is -2.12. The molecule has 0 radical (unpaired) electrons. The zero-order valence-electron chi connectivity index (χ0n) is 15.9. The van der Waals surface area contributed by atoms with Gasteiger partial charge in [-0.15, -0.1) is 0 Å². The van der Waals surface area contributed by atoms with Gasteiger partial charge in [0.1, 0.15) is 17.3 Å². The largest absolute Gasteiger partial charge is 0.457 e. The summed E-state index contributed by atoms with van der Waals surface area (Å²) in [4.78, 5) is 4.27. The van der Waals surface area contributed by atoms with Crippen molar-refractivity contribution in [1.82, 2.24) is 4.98 Å². The first kappa shape index (κ1) is 18.0. The molecule has 0 aliphatic carbocycles. The second-order valence-corrected chi connectivity index (χ2v) is 7.56. The Balaban J connectivity index is 1.71. The molecule has 0 aliphatic rings. The molecule has 1 heterocycles. The number of aromatic nitrogens is 1. The fourth-order valence-electron chi connectivity index (χ4n) is 2.80. The number of anilines is 1. The average molecular weight is 346 g/mol. The first-order chi connectivity index (χ1) is 12.4. The van der Waals surface area contributed by atoms with Crippen LogP contribution in [0, 0.1) is 6.92 Å². The summed E-state index contributed by atoms with van der Waals surface area (Å²) in [5, 5.41) is 3.31. The Bertz CT molecular complexity index is 850. The molecule has 0 amide bonds. The summed E-state index contributed by atoms with van der Waals surface area (Å²) in [5.74, 6) is 2.65. The molecule has 2 aromatic carbocycles. The fraction of sp³-hybridized carbons (Fsp3) is 0.261. The number of ether oxygens (including phenoxy) is 1. The molecule has 1 N–H and O–H groups in total. The summed E-state index contributed by atoms with van der Waals surface area (Å²) >= 11 is 0. The van der Waals surface area contributed by atoms with Crippen molar-refractivity contribution in [2.45, 2.75) is 39.7 Å². The van der Waals surface area contributed by atoms with Gasteiger partial charge in [0.15, 0.2) is 0 Å². The van der Waals surface area contributed by atoms with E-state index in [-0.39, 0.29) is 5.41 Å². The van der Waals surface area contributed by atoms with Crippen LogP contribution in [0.15, 0.2) is 66.9 Å². The summed E-state index contributed by atoms with van der Waals surface area (Å²) in [7, 11) is 0. The number of aryl methyl sites for hydroxylation is 1. The van der Waals surface area contributed by atoms with Gasteiger partial charge < -0.3 is 10.1 Å². The first-order valence-corrected chi connectivity index (χ1v) is 8.95. The minimum absolute atomic E-state index is 0.0373. The molecule has 134 valence electrons. The smallest absolute Gasteiger partial charge is 0.131 e. The second-order valence-electron chi connectivity index (χ2n) is 7.56. The highest BCUT2D eigenvalue weighted by molar-refractivity contribution is 5.44. The SMILES string of the molecule is Cc1ccc(C(C)(C)C)c(Oc2ccc(CNc3ccccn3)cc2)c1. The van der Waals surface area contributed by atoms with Crippen molar-refractivity contribution >= 4 is 5.82 Å². The fourth-order valence-corrected chi connectivity index (χ4v) is 2.80. The Labute approximate surface area is 156 Å². The Hall–Kier alpha value is -2.81. The third-order valence-electron chi connectivity index (χ3n) is 4.23. The molecule has 0 unspecified atom stereocenters. The lowest BCUT2D eigenvalue weighted by molar-refractivity contribution is 0.455. The van der Waals surface area contributed by atoms with Gasteiger partial charge in [-0.05, 0) is 53.8 Å². The van der Waals surface area contributed by atoms with E-state index in [1.54, 1.807) is 6.20 Å². The van der Waals surface area contributed by atoms with Gasteiger partial charge in [0.25, 0.3) is 0 Å². The van der Waals surface area contributed by atoms with Crippen LogP contribution < -0.4 is 10.1 Å². The minimum Gasteiger partial charge on any atom is -0.457 e. The van der Waals surface area contributed by atoms with Crippen molar-refractivity contribution in [1.29, 1.82) is 0 Å². The van der Waals surface area contributed by atoms with Crippen LogP contribution >= 0.6 is 0 Å². The average Bonchev–Trinajstić information content (AvgIpc) is 2.61. The van der Waals surface area contributed by atoms with Crippen LogP contribution in [0.5, 0.6) is 11.5 Å². The molecule has 1 aromatic heterocycles. The van der Waals surface area contributed by atoms with Crippen LogP contribution in [-0.2, 0) is 12.0 Å². The number of hydrogen-bond donors (Lipinski definition) is 1. The van der Waals surface area contributed by atoms with E-state index < -0.39 is 0 Å². The Morgan fingerprint density at radius 3 is 2.38 bits per heavy atom. The predicted molar refractivity (Wildman–Crippen MR) is 108 cm³/mol. The zero-order chi connectivity index (χ0) is 18.6. The van der Waals surface area contributed by atoms with Gasteiger partial charge in [0.2, 0.25) is 0 Å². The second kappa shape index (κ2) is 7.61. The molecule has 0 spiro atoms. The van der Waals surface area contributed by atoms with Crippen LogP contribution in [-0.4, -0.2) is 4.98 Å². The molecule has 0 atom stereocenters. The maximum Gasteiger partial charge on any atom is 0.131 e. The van der Waals surface area contributed by atoms with Crippen molar-refractivity contribution in [3.05, 3.63) is 83.6 Å². The molecule has 3 nitrogen and oxygen atoms in total. The summed E-state index contributed by atoms with van der Waals surface area (Å²) in [6, 6.07) is 20.5. The van der Waals surface area contributed by atoms with E-state index >= 15 is 0 Å². The van der Waals surface area contributed by atoms with Crippen LogP contribution in [0.3, 0.4) is 0 Å². The highest BCUT2D eigenvalue weighted by atomic mass is 16.5. The van der Waals surface area contributed by atoms with Crippen LogP contribution in [0.2, 0.25) is 0 Å². The quantitative estimate of drug-likeness (QED) is 0.607. The van der Waals surface area contributed by atoms with Crippen LogP contribution in [0.1, 0.15) is 37.5 Å². The van der Waals surface area contributed by atoms with Gasteiger partial charge in [-0.25, -0.2) is 4.98 Å². The maximum absolute atomic E-state index is 6.20. The number of benzene rings is 2. The highest BCUT2D eigenvalue weighted by Gasteiger charge is 2.19. The van der Waals surface area contributed by atoms with Gasteiger partial charge in [0, 0.05) is 18.3 Å². The molecule has 3 rings (SSSR count). The van der Waals surface area contributed by atoms with Crippen molar-refractivity contribution in [3.8, 4) is 11.5 Å². The van der Waals surface area contributed by atoms with Gasteiger partial charge in [-0.3, -0.25) is 0 Å². The van der Waals surface area contributed by atoms with Crippen LogP contribution in [0.4, 0.5) is 5.82 Å². The summed E-state index contributed by atoms with van der Waals surface area (Å²) < 4.78 is 6.20. The Morgan fingerprint density at radius 2 is 1.73 bits per heavy atom. The van der Waals surface area contributed by atoms with E-state index in [0.717, 1.165) is 23.9 Å². The molecule has 0 fully saturated rings. The van der Waals surface area contributed by atoms with Gasteiger partial charge >= 0.3 is 0 Å². The minimum atomic E-state index is 0.0373. The highest BCUT2D eigenvalue weighted by Crippen LogP contribution is 2.35. The Morgan fingerprint density at radius 1 is 0.962 bits per heavy atom. The molecule has 0 saturated carbocycles. The lowest BCUT2D eigenvalue weighted by atomic mass is 9.86. The van der Waals surface area contributed by atoms with Crippen molar-refractivity contribution in [3.63, 3.8) is 0 Å². The third kappa shape index (κ3) is 4.63. The summed E-state index contributed by atoms with van der Waals surface area (Å²) in [5.41, 5.74) is 3.63. The first-order valence-electron chi connectivity index (χ1n) is 8.95. The number of nitrogens with one attached hydrogen (secondary N) is 1. The van der Waals surface area contributed by atoms with Gasteiger partial charge in [0.05, 0.1) is 0 Å². The topological polar surface area (TPSA) is 34.1 Å². The van der Waals surface area contributed by atoms with Crippen molar-refractivity contribution in [2.24, 2.45) is 0 Å². The molecule has 0 bridgehead atoms. The van der Waals surface area contributed by atoms with E-state index in [4.69, 9.17) is 4.74 Å². The van der Waals surface area contributed by atoms with Gasteiger partial charge in [-0.1, -0.05) is 51.1 Å². The molecule has 26 heavy (non-hydrogen) atoms. The molecule has 3 heteroatoms. The zero-order valence-corrected chi connectivity index (χ0v) is 15.9. The van der Waals surface area contributed by atoms with Crippen molar-refractivity contribution in [2.75, 3.05) is 5.32 Å². The molecular formula is C23H26N2O. The normalized spacial score (nSPS) is 11.2. The van der Waals surface area contributed by atoms with Crippen LogP contribution in [0.25, 0.3) is 0 Å². The third-order valence-corrected chi connectivity index (χ3v) is 4.23. The van der Waals surface area contributed by atoms with Crippen molar-refractivity contribution < 1.29 is 4.74 Å². The Kier molecular flexibility index (Phi) is 5.27. The number of pyridine rings is 1. The van der Waals surface area contributed by atoms with E-state index in [2.05, 4.69) is 68.3 Å². The monoisotopic (exact) mass is 346 g/mol. The van der Waals surface area contributed by atoms with E-state index in [1.807, 2.05) is 30.3 Å². The lowest BCUT2D eigenvalue weighted by Gasteiger charge is -2.23. The molecule has 0 saturated heterocycles. The summed E-state index contributed by atoms with van der Waals surface area (Å²) in [6.45, 7) is 9.44. The molecule has 3 aromatic rings. The molecular weight excluding hydrogens is 320 g/mol. The molecule has 0 aliphatic heterocycles. The van der Waals surface area contributed by atoms with Gasteiger partial charge in [-0.2, -0.15) is 0 Å².